The van der Waals surface area contributed by atoms with Gasteiger partial charge in [0.2, 0.25) is 0 Å². The van der Waals surface area contributed by atoms with Gasteiger partial charge in [0.25, 0.3) is 0 Å². The molecule has 0 radical (unpaired) electrons. The summed E-state index contributed by atoms with van der Waals surface area (Å²) in [5.74, 6) is 0. The van der Waals surface area contributed by atoms with E-state index in [4.69, 9.17) is 0 Å². The molecule has 0 amide bonds. The third-order valence-electron chi connectivity index (χ3n) is 0.777. The monoisotopic (exact) mass is 133 g/mol. The predicted molar refractivity (Wildman–Crippen MR) is 38.3 cm³/mol. The Morgan fingerprint density at radius 2 is 2.71 bits per heavy atom. The van der Waals surface area contributed by atoms with Crippen LogP contribution in [0.4, 0.5) is 0 Å². The average molecular weight is 133 g/mol. The van der Waals surface area contributed by atoms with Gasteiger partial charge in [0.1, 0.15) is 0 Å². The summed E-state index contributed by atoms with van der Waals surface area (Å²) in [5.41, 5.74) is 0. The zero-order chi connectivity index (χ0) is 5.28. The number of hydrogen-bond donors (Lipinski definition) is 1. The van der Waals surface area contributed by atoms with Crippen LogP contribution in [0, 0.1) is 0 Å². The molecule has 1 aliphatic rings. The standard InChI is InChI=1S/C4H7NS2/c1-3-5-2-4(6)7-3/h4,6H,2H2,1H3. The van der Waals surface area contributed by atoms with Gasteiger partial charge in [-0.1, -0.05) is 11.8 Å². The van der Waals surface area contributed by atoms with Crippen molar-refractivity contribution >= 4 is 29.4 Å². The first-order valence-corrected chi connectivity index (χ1v) is 3.54. The van der Waals surface area contributed by atoms with Crippen LogP contribution in [0.15, 0.2) is 4.99 Å². The van der Waals surface area contributed by atoms with E-state index in [1.807, 2.05) is 6.92 Å². The van der Waals surface area contributed by atoms with Crippen LogP contribution in [0.25, 0.3) is 0 Å². The Morgan fingerprint density at radius 1 is 2.00 bits per heavy atom. The van der Waals surface area contributed by atoms with Crippen LogP contribution in [0.5, 0.6) is 0 Å². The Bertz CT molecular complexity index is 99.9. The maximum absolute atomic E-state index is 4.20. The van der Waals surface area contributed by atoms with Gasteiger partial charge in [0.05, 0.1) is 16.2 Å². The zero-order valence-corrected chi connectivity index (χ0v) is 5.80. The van der Waals surface area contributed by atoms with E-state index >= 15 is 0 Å². The van der Waals surface area contributed by atoms with Crippen molar-refractivity contribution in [3.63, 3.8) is 0 Å². The number of rotatable bonds is 0. The summed E-state index contributed by atoms with van der Waals surface area (Å²) in [4.78, 5) is 4.12. The first-order valence-electron chi connectivity index (χ1n) is 2.15. The second-order valence-corrected chi connectivity index (χ2v) is 3.80. The molecular formula is C4H7NS2. The van der Waals surface area contributed by atoms with Crippen molar-refractivity contribution in [3.8, 4) is 0 Å². The molecule has 7 heavy (non-hydrogen) atoms. The summed E-state index contributed by atoms with van der Waals surface area (Å²) in [7, 11) is 0. The van der Waals surface area contributed by atoms with Gasteiger partial charge < -0.3 is 0 Å². The van der Waals surface area contributed by atoms with E-state index in [1.165, 1.54) is 5.04 Å². The molecule has 0 spiro atoms. The summed E-state index contributed by atoms with van der Waals surface area (Å²) in [6.45, 7) is 2.90. The fourth-order valence-electron chi connectivity index (χ4n) is 0.478. The van der Waals surface area contributed by atoms with Gasteiger partial charge in [-0.2, -0.15) is 12.6 Å². The van der Waals surface area contributed by atoms with Crippen molar-refractivity contribution in [2.24, 2.45) is 4.99 Å². The van der Waals surface area contributed by atoms with Gasteiger partial charge in [0, 0.05) is 0 Å². The largest absolute Gasteiger partial charge is 0.281 e. The molecule has 1 unspecified atom stereocenters. The van der Waals surface area contributed by atoms with Gasteiger partial charge in [-0.05, 0) is 6.92 Å². The Balaban J connectivity index is 2.42. The van der Waals surface area contributed by atoms with Crippen LogP contribution < -0.4 is 0 Å². The summed E-state index contributed by atoms with van der Waals surface area (Å²) in [5, 5.41) is 1.17. The molecule has 1 atom stereocenters. The van der Waals surface area contributed by atoms with E-state index < -0.39 is 0 Å². The van der Waals surface area contributed by atoms with Crippen molar-refractivity contribution in [1.29, 1.82) is 0 Å². The zero-order valence-electron chi connectivity index (χ0n) is 4.09. The van der Waals surface area contributed by atoms with E-state index in [2.05, 4.69) is 17.6 Å². The van der Waals surface area contributed by atoms with Gasteiger partial charge in [-0.15, -0.1) is 0 Å². The minimum absolute atomic E-state index is 0.431. The molecule has 0 N–H and O–H groups in total. The minimum Gasteiger partial charge on any atom is -0.281 e. The molecule has 1 heterocycles. The van der Waals surface area contributed by atoms with E-state index in [0.717, 1.165) is 6.54 Å². The summed E-state index contributed by atoms with van der Waals surface area (Å²) >= 11 is 5.93. The quantitative estimate of drug-likeness (QED) is 0.493. The third-order valence-corrected chi connectivity index (χ3v) is 2.15. The molecule has 0 aromatic carbocycles. The summed E-state index contributed by atoms with van der Waals surface area (Å²) < 4.78 is 0.431. The molecule has 40 valence electrons. The fraction of sp³-hybridized carbons (Fsp3) is 0.750. The van der Waals surface area contributed by atoms with Crippen LogP contribution in [0.2, 0.25) is 0 Å². The fourth-order valence-corrected chi connectivity index (χ4v) is 1.71. The SMILES string of the molecule is CC1=NCC(S)S1. The number of aliphatic imine (C=N–C) groups is 1. The van der Waals surface area contributed by atoms with Gasteiger partial charge in [-0.25, -0.2) is 0 Å². The number of thiol groups is 1. The van der Waals surface area contributed by atoms with Crippen LogP contribution in [0.1, 0.15) is 6.92 Å². The topological polar surface area (TPSA) is 12.4 Å². The lowest BCUT2D eigenvalue weighted by Gasteiger charge is -1.91. The molecule has 0 fully saturated rings. The third kappa shape index (κ3) is 1.39. The Kier molecular flexibility index (Phi) is 1.65. The van der Waals surface area contributed by atoms with Crippen LogP contribution in [0.3, 0.4) is 0 Å². The Labute approximate surface area is 53.0 Å². The highest BCUT2D eigenvalue weighted by Crippen LogP contribution is 2.22. The lowest BCUT2D eigenvalue weighted by molar-refractivity contribution is 1.13. The molecule has 0 saturated heterocycles. The van der Waals surface area contributed by atoms with Crippen LogP contribution in [-0.2, 0) is 0 Å². The first-order chi connectivity index (χ1) is 3.29. The highest BCUT2D eigenvalue weighted by atomic mass is 32.2. The molecule has 3 heteroatoms. The average Bonchev–Trinajstić information content (AvgIpc) is 1.87. The number of thioether (sulfide) groups is 1. The minimum atomic E-state index is 0.431. The second kappa shape index (κ2) is 2.09. The Hall–Kier alpha value is 0.370. The van der Waals surface area contributed by atoms with E-state index in [0.29, 0.717) is 4.58 Å². The summed E-state index contributed by atoms with van der Waals surface area (Å²) in [6, 6.07) is 0. The van der Waals surface area contributed by atoms with Crippen molar-refractivity contribution in [2.75, 3.05) is 6.54 Å². The number of hydrogen-bond acceptors (Lipinski definition) is 3. The Morgan fingerprint density at radius 3 is 2.86 bits per heavy atom. The maximum Gasteiger partial charge on any atom is 0.0726 e. The molecule has 0 bridgehead atoms. The lowest BCUT2D eigenvalue weighted by atomic mass is 10.7. The van der Waals surface area contributed by atoms with Gasteiger partial charge in [0.15, 0.2) is 0 Å². The van der Waals surface area contributed by atoms with Crippen LogP contribution in [-0.4, -0.2) is 16.2 Å². The van der Waals surface area contributed by atoms with E-state index in [-0.39, 0.29) is 0 Å². The molecule has 0 aromatic rings. The molecule has 0 aliphatic carbocycles. The summed E-state index contributed by atoms with van der Waals surface area (Å²) in [6.07, 6.45) is 0. The second-order valence-electron chi connectivity index (χ2n) is 1.43. The van der Waals surface area contributed by atoms with Crippen molar-refractivity contribution in [3.05, 3.63) is 0 Å². The molecule has 0 saturated carbocycles. The number of nitrogens with zero attached hydrogens (tertiary/aromatic N) is 1. The first kappa shape index (κ1) is 5.51. The predicted octanol–water partition coefficient (Wildman–Crippen LogP) is 1.41. The van der Waals surface area contributed by atoms with E-state index in [9.17, 15) is 0 Å². The molecule has 0 aromatic heterocycles. The van der Waals surface area contributed by atoms with E-state index in [1.54, 1.807) is 11.8 Å². The molecule has 1 rings (SSSR count). The molecule has 1 aliphatic heterocycles. The van der Waals surface area contributed by atoms with Crippen molar-refractivity contribution in [2.45, 2.75) is 11.5 Å². The van der Waals surface area contributed by atoms with Crippen molar-refractivity contribution < 1.29 is 0 Å². The lowest BCUT2D eigenvalue weighted by Crippen LogP contribution is -1.87. The van der Waals surface area contributed by atoms with Crippen molar-refractivity contribution in [1.82, 2.24) is 0 Å². The van der Waals surface area contributed by atoms with Gasteiger partial charge in [-0.3, -0.25) is 4.99 Å². The highest BCUT2D eigenvalue weighted by molar-refractivity contribution is 8.21. The normalized spacial score (nSPS) is 30.6. The molecular weight excluding hydrogens is 126 g/mol. The maximum atomic E-state index is 4.20. The smallest absolute Gasteiger partial charge is 0.0726 e. The highest BCUT2D eigenvalue weighted by Gasteiger charge is 2.10. The molecule has 1 nitrogen and oxygen atoms in total. The van der Waals surface area contributed by atoms with Gasteiger partial charge >= 0.3 is 0 Å². The van der Waals surface area contributed by atoms with Crippen LogP contribution >= 0.6 is 24.4 Å².